The normalized spacial score (nSPS) is 10.7. The molecule has 0 spiro atoms. The van der Waals surface area contributed by atoms with E-state index in [9.17, 15) is 17.6 Å². The molecule has 1 amide bonds. The first kappa shape index (κ1) is 15.9. The van der Waals surface area contributed by atoms with Crippen molar-refractivity contribution in [2.75, 3.05) is 25.5 Å². The Bertz CT molecular complexity index is 638. The van der Waals surface area contributed by atoms with Crippen molar-refractivity contribution in [1.29, 1.82) is 0 Å². The van der Waals surface area contributed by atoms with Gasteiger partial charge in [-0.25, -0.2) is 17.5 Å². The number of terminal acetylenes is 1. The summed E-state index contributed by atoms with van der Waals surface area (Å²) >= 11 is 0. The van der Waals surface area contributed by atoms with Crippen LogP contribution in [0, 0.1) is 18.2 Å². The number of amides is 1. The fourth-order valence-corrected chi connectivity index (χ4v) is 2.05. The zero-order valence-electron chi connectivity index (χ0n) is 10.7. The van der Waals surface area contributed by atoms with Gasteiger partial charge in [-0.05, 0) is 25.2 Å². The van der Waals surface area contributed by atoms with Crippen molar-refractivity contribution < 1.29 is 17.6 Å². The monoisotopic (exact) mass is 299 g/mol. The van der Waals surface area contributed by atoms with Crippen molar-refractivity contribution in [3.05, 3.63) is 24.0 Å². The third-order valence-electron chi connectivity index (χ3n) is 2.35. The maximum absolute atomic E-state index is 13.7. The van der Waals surface area contributed by atoms with Gasteiger partial charge in [0, 0.05) is 0 Å². The quantitative estimate of drug-likeness (QED) is 0.640. The second-order valence-electron chi connectivity index (χ2n) is 3.68. The molecular weight excluding hydrogens is 285 g/mol. The Balaban J connectivity index is 2.75. The highest BCUT2D eigenvalue weighted by Crippen LogP contribution is 2.18. The van der Waals surface area contributed by atoms with Gasteiger partial charge in [-0.2, -0.15) is 0 Å². The van der Waals surface area contributed by atoms with Crippen molar-refractivity contribution in [2.45, 2.75) is 4.90 Å². The number of benzene rings is 1. The van der Waals surface area contributed by atoms with Crippen LogP contribution in [-0.2, 0) is 14.8 Å². The Morgan fingerprint density at radius 3 is 2.70 bits per heavy atom. The van der Waals surface area contributed by atoms with Gasteiger partial charge in [-0.1, -0.05) is 5.92 Å². The van der Waals surface area contributed by atoms with Crippen molar-refractivity contribution in [3.8, 4) is 12.3 Å². The number of rotatable bonds is 6. The molecule has 0 fully saturated rings. The van der Waals surface area contributed by atoms with Crippen LogP contribution >= 0.6 is 0 Å². The summed E-state index contributed by atoms with van der Waals surface area (Å²) in [5.41, 5.74) is 0.0240. The minimum atomic E-state index is -3.70. The predicted molar refractivity (Wildman–Crippen MR) is 73.0 cm³/mol. The van der Waals surface area contributed by atoms with Crippen molar-refractivity contribution in [2.24, 2.45) is 0 Å². The summed E-state index contributed by atoms with van der Waals surface area (Å²) in [6, 6.07) is 3.35. The molecule has 1 aromatic rings. The number of carbonyl (C=O) groups is 1. The van der Waals surface area contributed by atoms with Gasteiger partial charge in [0.05, 0.1) is 23.7 Å². The number of halogens is 1. The average molecular weight is 299 g/mol. The van der Waals surface area contributed by atoms with Gasteiger partial charge < -0.3 is 10.6 Å². The van der Waals surface area contributed by atoms with E-state index < -0.39 is 21.7 Å². The van der Waals surface area contributed by atoms with E-state index in [1.807, 2.05) is 0 Å². The molecule has 1 aromatic carbocycles. The first-order valence-electron chi connectivity index (χ1n) is 5.58. The Kier molecular flexibility index (Phi) is 5.49. The molecule has 20 heavy (non-hydrogen) atoms. The van der Waals surface area contributed by atoms with Crippen LogP contribution in [0.2, 0.25) is 0 Å². The lowest BCUT2D eigenvalue weighted by molar-refractivity contribution is -0.119. The lowest BCUT2D eigenvalue weighted by atomic mass is 10.3. The van der Waals surface area contributed by atoms with E-state index in [1.165, 1.54) is 19.2 Å². The molecule has 108 valence electrons. The molecule has 0 saturated carbocycles. The largest absolute Gasteiger partial charge is 0.374 e. The molecule has 0 heterocycles. The zero-order valence-corrected chi connectivity index (χ0v) is 11.6. The van der Waals surface area contributed by atoms with Gasteiger partial charge in [0.1, 0.15) is 5.82 Å². The second kappa shape index (κ2) is 6.88. The van der Waals surface area contributed by atoms with Crippen molar-refractivity contribution in [1.82, 2.24) is 10.0 Å². The van der Waals surface area contributed by atoms with Crippen LogP contribution in [0.4, 0.5) is 10.1 Å². The summed E-state index contributed by atoms with van der Waals surface area (Å²) in [4.78, 5) is 11.1. The topological polar surface area (TPSA) is 87.3 Å². The first-order valence-corrected chi connectivity index (χ1v) is 7.06. The predicted octanol–water partition coefficient (Wildman–Crippen LogP) is -0.105. The Morgan fingerprint density at radius 1 is 1.45 bits per heavy atom. The lowest BCUT2D eigenvalue weighted by Gasteiger charge is -2.09. The fourth-order valence-electron chi connectivity index (χ4n) is 1.31. The minimum Gasteiger partial charge on any atom is -0.374 e. The highest BCUT2D eigenvalue weighted by atomic mass is 32.2. The maximum Gasteiger partial charge on any atom is 0.240 e. The van der Waals surface area contributed by atoms with E-state index in [4.69, 9.17) is 6.42 Å². The molecule has 1 rings (SSSR count). The molecule has 0 aliphatic rings. The van der Waals surface area contributed by atoms with Gasteiger partial charge in [-0.15, -0.1) is 6.42 Å². The molecule has 0 aromatic heterocycles. The number of anilines is 1. The summed E-state index contributed by atoms with van der Waals surface area (Å²) in [6.07, 6.45) is 4.97. The zero-order chi connectivity index (χ0) is 15.2. The summed E-state index contributed by atoms with van der Waals surface area (Å²) in [5.74, 6) is 1.06. The van der Waals surface area contributed by atoms with Crippen molar-refractivity contribution in [3.63, 3.8) is 0 Å². The third-order valence-corrected chi connectivity index (χ3v) is 3.76. The van der Waals surface area contributed by atoms with Crippen LogP contribution in [0.1, 0.15) is 0 Å². The lowest BCUT2D eigenvalue weighted by Crippen LogP contribution is -2.30. The molecule has 8 heteroatoms. The van der Waals surface area contributed by atoms with Gasteiger partial charge in [-0.3, -0.25) is 4.79 Å². The summed E-state index contributed by atoms with van der Waals surface area (Å²) in [6.45, 7) is -0.0843. The minimum absolute atomic E-state index is 0.0240. The van der Waals surface area contributed by atoms with Crippen LogP contribution in [0.3, 0.4) is 0 Å². The van der Waals surface area contributed by atoms with Gasteiger partial charge >= 0.3 is 0 Å². The molecule has 0 aliphatic heterocycles. The van der Waals surface area contributed by atoms with Crippen LogP contribution in [-0.4, -0.2) is 34.5 Å². The Hall–Kier alpha value is -2.11. The first-order chi connectivity index (χ1) is 9.40. The van der Waals surface area contributed by atoms with E-state index >= 15 is 0 Å². The van der Waals surface area contributed by atoms with Gasteiger partial charge in [0.15, 0.2) is 0 Å². The molecule has 0 atom stereocenters. The van der Waals surface area contributed by atoms with E-state index in [1.54, 1.807) is 0 Å². The van der Waals surface area contributed by atoms with Gasteiger partial charge in [0.2, 0.25) is 15.9 Å². The standard InChI is InChI=1S/C12H14FN3O3S/c1-3-6-15-12(17)8-16-11-5-4-9(7-10(11)13)20(18,19)14-2/h1,4-5,7,14,16H,6,8H2,2H3,(H,15,17). The molecular formula is C12H14FN3O3S. The number of carbonyl (C=O) groups excluding carboxylic acids is 1. The van der Waals surface area contributed by atoms with Crippen LogP contribution < -0.4 is 15.4 Å². The number of hydrogen-bond donors (Lipinski definition) is 3. The van der Waals surface area contributed by atoms with E-state index in [2.05, 4.69) is 21.3 Å². The second-order valence-corrected chi connectivity index (χ2v) is 5.57. The highest BCUT2D eigenvalue weighted by Gasteiger charge is 2.14. The van der Waals surface area contributed by atoms with E-state index in [0.29, 0.717) is 0 Å². The summed E-state index contributed by atoms with van der Waals surface area (Å²) in [5, 5.41) is 4.95. The van der Waals surface area contributed by atoms with Crippen LogP contribution in [0.15, 0.2) is 23.1 Å². The Morgan fingerprint density at radius 2 is 2.15 bits per heavy atom. The van der Waals surface area contributed by atoms with Crippen LogP contribution in [0.25, 0.3) is 0 Å². The maximum atomic E-state index is 13.7. The molecule has 0 bridgehead atoms. The molecule has 6 nitrogen and oxygen atoms in total. The number of hydrogen-bond acceptors (Lipinski definition) is 4. The smallest absolute Gasteiger partial charge is 0.240 e. The molecule has 3 N–H and O–H groups in total. The SMILES string of the molecule is C#CCNC(=O)CNc1ccc(S(=O)(=O)NC)cc1F. The average Bonchev–Trinajstić information content (AvgIpc) is 2.43. The molecule has 0 radical (unpaired) electrons. The number of nitrogens with one attached hydrogen (secondary N) is 3. The Labute approximate surface area is 116 Å². The van der Waals surface area contributed by atoms with E-state index in [0.717, 1.165) is 6.07 Å². The third kappa shape index (κ3) is 4.22. The molecule has 0 saturated heterocycles. The fraction of sp³-hybridized carbons (Fsp3) is 0.250. The van der Waals surface area contributed by atoms with Crippen molar-refractivity contribution >= 4 is 21.6 Å². The molecule has 0 aliphatic carbocycles. The number of sulfonamides is 1. The van der Waals surface area contributed by atoms with E-state index in [-0.39, 0.29) is 23.7 Å². The summed E-state index contributed by atoms with van der Waals surface area (Å²) in [7, 11) is -2.47. The van der Waals surface area contributed by atoms with Gasteiger partial charge in [0.25, 0.3) is 0 Å². The summed E-state index contributed by atoms with van der Waals surface area (Å²) < 4.78 is 38.7. The van der Waals surface area contributed by atoms with Crippen LogP contribution in [0.5, 0.6) is 0 Å². The highest BCUT2D eigenvalue weighted by molar-refractivity contribution is 7.89. The molecule has 0 unspecified atom stereocenters.